The van der Waals surface area contributed by atoms with Gasteiger partial charge in [0.1, 0.15) is 0 Å². The number of aromatic nitrogens is 1. The Labute approximate surface area is 162 Å². The standard InChI is InChI=1S/C24H17NO3/c1-25-19-12-6-5-11-17(19)18(23(25)16-9-3-2-4-10-16)15-22-24(26)28-21-14-8-7-13-20(21)27-22/h2-15H,1H3. The minimum Gasteiger partial charge on any atom is -0.446 e. The predicted octanol–water partition coefficient (Wildman–Crippen LogP) is 5.18. The molecule has 2 heterocycles. The summed E-state index contributed by atoms with van der Waals surface area (Å²) in [5, 5.41) is 1.05. The smallest absolute Gasteiger partial charge is 0.379 e. The Morgan fingerprint density at radius 3 is 2.21 bits per heavy atom. The molecule has 0 radical (unpaired) electrons. The van der Waals surface area contributed by atoms with Crippen LogP contribution in [0.1, 0.15) is 5.56 Å². The summed E-state index contributed by atoms with van der Waals surface area (Å²) in [6.07, 6.45) is 1.78. The lowest BCUT2D eigenvalue weighted by atomic mass is 10.0. The topological polar surface area (TPSA) is 40.5 Å². The quantitative estimate of drug-likeness (QED) is 0.278. The van der Waals surface area contributed by atoms with E-state index in [0.29, 0.717) is 11.5 Å². The molecule has 1 aliphatic rings. The Morgan fingerprint density at radius 1 is 0.786 bits per heavy atom. The van der Waals surface area contributed by atoms with E-state index in [4.69, 9.17) is 9.47 Å². The molecule has 0 bridgehead atoms. The normalized spacial score (nSPS) is 14.6. The van der Waals surface area contributed by atoms with Gasteiger partial charge in [-0.15, -0.1) is 0 Å². The second-order valence-corrected chi connectivity index (χ2v) is 6.65. The minimum absolute atomic E-state index is 0.173. The molecule has 0 atom stereocenters. The lowest BCUT2D eigenvalue weighted by molar-refractivity contribution is -0.133. The predicted molar refractivity (Wildman–Crippen MR) is 109 cm³/mol. The third-order valence-electron chi connectivity index (χ3n) is 4.94. The van der Waals surface area contributed by atoms with Crippen molar-refractivity contribution in [2.75, 3.05) is 0 Å². The van der Waals surface area contributed by atoms with E-state index in [2.05, 4.69) is 28.8 Å². The number of esters is 1. The molecule has 1 aliphatic heterocycles. The van der Waals surface area contributed by atoms with Gasteiger partial charge >= 0.3 is 5.97 Å². The molecule has 0 saturated carbocycles. The third-order valence-corrected chi connectivity index (χ3v) is 4.94. The molecule has 1 aromatic heterocycles. The molecule has 0 spiro atoms. The number of carbonyl (C=O) groups excluding carboxylic acids is 1. The maximum atomic E-state index is 12.5. The SMILES string of the molecule is Cn1c(-c2ccccc2)c(C=C2Oc3ccccc3OC2=O)c2ccccc21. The number of aryl methyl sites for hydroxylation is 1. The average molecular weight is 367 g/mol. The van der Waals surface area contributed by atoms with Crippen molar-refractivity contribution in [3.8, 4) is 22.8 Å². The fraction of sp³-hybridized carbons (Fsp3) is 0.0417. The van der Waals surface area contributed by atoms with Crippen LogP contribution in [0.15, 0.2) is 84.6 Å². The third kappa shape index (κ3) is 2.58. The number of ether oxygens (including phenoxy) is 2. The lowest BCUT2D eigenvalue weighted by Crippen LogP contribution is -2.20. The van der Waals surface area contributed by atoms with Crippen LogP contribution in [-0.4, -0.2) is 10.5 Å². The van der Waals surface area contributed by atoms with E-state index in [-0.39, 0.29) is 5.76 Å². The van der Waals surface area contributed by atoms with Crippen molar-refractivity contribution in [3.63, 3.8) is 0 Å². The maximum absolute atomic E-state index is 12.5. The number of benzene rings is 3. The second-order valence-electron chi connectivity index (χ2n) is 6.65. The van der Waals surface area contributed by atoms with E-state index in [1.54, 1.807) is 18.2 Å². The van der Waals surface area contributed by atoms with Crippen LogP contribution < -0.4 is 9.47 Å². The van der Waals surface area contributed by atoms with Gasteiger partial charge in [-0.25, -0.2) is 4.79 Å². The largest absolute Gasteiger partial charge is 0.446 e. The number of hydrogen-bond acceptors (Lipinski definition) is 3. The van der Waals surface area contributed by atoms with E-state index in [1.165, 1.54) is 0 Å². The van der Waals surface area contributed by atoms with Gasteiger partial charge in [-0.3, -0.25) is 0 Å². The molecule has 0 fully saturated rings. The first-order valence-corrected chi connectivity index (χ1v) is 9.06. The highest BCUT2D eigenvalue weighted by Crippen LogP contribution is 2.37. The van der Waals surface area contributed by atoms with Crippen LogP contribution in [0, 0.1) is 0 Å². The number of para-hydroxylation sites is 3. The Hall–Kier alpha value is -3.79. The maximum Gasteiger partial charge on any atom is 0.379 e. The van der Waals surface area contributed by atoms with Crippen molar-refractivity contribution < 1.29 is 14.3 Å². The van der Waals surface area contributed by atoms with Crippen LogP contribution >= 0.6 is 0 Å². The lowest BCUT2D eigenvalue weighted by Gasteiger charge is -2.18. The summed E-state index contributed by atoms with van der Waals surface area (Å²) < 4.78 is 13.5. The summed E-state index contributed by atoms with van der Waals surface area (Å²) in [5.41, 5.74) is 4.09. The van der Waals surface area contributed by atoms with E-state index in [1.807, 2.05) is 49.5 Å². The number of carbonyl (C=O) groups is 1. The van der Waals surface area contributed by atoms with Gasteiger partial charge in [0.05, 0.1) is 5.69 Å². The van der Waals surface area contributed by atoms with Crippen LogP contribution in [0.5, 0.6) is 11.5 Å². The van der Waals surface area contributed by atoms with Gasteiger partial charge in [-0.1, -0.05) is 60.7 Å². The number of fused-ring (bicyclic) bond motifs is 2. The summed E-state index contributed by atoms with van der Waals surface area (Å²) in [6, 6.07) is 25.4. The summed E-state index contributed by atoms with van der Waals surface area (Å²) in [7, 11) is 2.03. The monoisotopic (exact) mass is 367 g/mol. The molecule has 28 heavy (non-hydrogen) atoms. The number of nitrogens with zero attached hydrogens (tertiary/aromatic N) is 1. The van der Waals surface area contributed by atoms with Crippen molar-refractivity contribution in [2.45, 2.75) is 0 Å². The summed E-state index contributed by atoms with van der Waals surface area (Å²) >= 11 is 0. The van der Waals surface area contributed by atoms with Crippen LogP contribution in [-0.2, 0) is 11.8 Å². The van der Waals surface area contributed by atoms with Gasteiger partial charge in [-0.2, -0.15) is 0 Å². The zero-order chi connectivity index (χ0) is 19.1. The summed E-state index contributed by atoms with van der Waals surface area (Å²) in [6.45, 7) is 0. The fourth-order valence-electron chi connectivity index (χ4n) is 3.66. The molecule has 0 unspecified atom stereocenters. The molecule has 3 aromatic carbocycles. The van der Waals surface area contributed by atoms with Crippen LogP contribution in [0.4, 0.5) is 0 Å². The van der Waals surface area contributed by atoms with Crippen molar-refractivity contribution in [1.29, 1.82) is 0 Å². The molecule has 4 nitrogen and oxygen atoms in total. The van der Waals surface area contributed by atoms with Crippen molar-refractivity contribution >= 4 is 22.9 Å². The molecular weight excluding hydrogens is 350 g/mol. The van der Waals surface area contributed by atoms with Crippen LogP contribution in [0.2, 0.25) is 0 Å². The van der Waals surface area contributed by atoms with Crippen LogP contribution in [0.25, 0.3) is 28.2 Å². The highest BCUT2D eigenvalue weighted by molar-refractivity contribution is 6.03. The van der Waals surface area contributed by atoms with Gasteiger partial charge < -0.3 is 14.0 Å². The fourth-order valence-corrected chi connectivity index (χ4v) is 3.66. The van der Waals surface area contributed by atoms with Gasteiger partial charge in [0.2, 0.25) is 5.76 Å². The van der Waals surface area contributed by atoms with Crippen molar-refractivity contribution in [3.05, 3.63) is 90.2 Å². The first kappa shape index (κ1) is 16.4. The molecule has 0 saturated heterocycles. The average Bonchev–Trinajstić information content (AvgIpc) is 3.01. The van der Waals surface area contributed by atoms with Gasteiger partial charge in [-0.05, 0) is 29.8 Å². The Balaban J connectivity index is 1.73. The van der Waals surface area contributed by atoms with Crippen LogP contribution in [0.3, 0.4) is 0 Å². The molecule has 0 amide bonds. The first-order valence-electron chi connectivity index (χ1n) is 9.06. The molecular formula is C24H17NO3. The zero-order valence-corrected chi connectivity index (χ0v) is 15.3. The Morgan fingerprint density at radius 2 is 1.43 bits per heavy atom. The van der Waals surface area contributed by atoms with E-state index in [9.17, 15) is 4.79 Å². The number of rotatable bonds is 2. The van der Waals surface area contributed by atoms with Gasteiger partial charge in [0.25, 0.3) is 0 Å². The Bertz CT molecular complexity index is 1240. The highest BCUT2D eigenvalue weighted by Gasteiger charge is 2.26. The molecule has 4 heteroatoms. The van der Waals surface area contributed by atoms with Crippen molar-refractivity contribution in [1.82, 2.24) is 4.57 Å². The molecule has 136 valence electrons. The molecule has 4 aromatic rings. The summed E-state index contributed by atoms with van der Waals surface area (Å²) in [4.78, 5) is 12.5. The summed E-state index contributed by atoms with van der Waals surface area (Å²) in [5.74, 6) is 0.651. The molecule has 5 rings (SSSR count). The number of hydrogen-bond donors (Lipinski definition) is 0. The van der Waals surface area contributed by atoms with Gasteiger partial charge in [0, 0.05) is 23.5 Å². The van der Waals surface area contributed by atoms with Crippen molar-refractivity contribution in [2.24, 2.45) is 7.05 Å². The Kier molecular flexibility index (Phi) is 3.76. The highest BCUT2D eigenvalue weighted by atomic mass is 16.6. The zero-order valence-electron chi connectivity index (χ0n) is 15.3. The first-order chi connectivity index (χ1) is 13.7. The molecule has 0 aliphatic carbocycles. The molecule has 0 N–H and O–H groups in total. The second kappa shape index (κ2) is 6.43. The van der Waals surface area contributed by atoms with E-state index >= 15 is 0 Å². The van der Waals surface area contributed by atoms with E-state index in [0.717, 1.165) is 27.7 Å². The van der Waals surface area contributed by atoms with Gasteiger partial charge in [0.15, 0.2) is 11.5 Å². The van der Waals surface area contributed by atoms with E-state index < -0.39 is 5.97 Å². The minimum atomic E-state index is -0.495.